The van der Waals surface area contributed by atoms with Crippen molar-refractivity contribution in [3.8, 4) is 0 Å². The van der Waals surface area contributed by atoms with Crippen molar-refractivity contribution in [2.75, 3.05) is 19.6 Å². The van der Waals surface area contributed by atoms with E-state index < -0.39 is 0 Å². The molecule has 0 amide bonds. The summed E-state index contributed by atoms with van der Waals surface area (Å²) in [5, 5.41) is 3.83. The summed E-state index contributed by atoms with van der Waals surface area (Å²) >= 11 is 0. The Morgan fingerprint density at radius 2 is 1.79 bits per heavy atom. The van der Waals surface area contributed by atoms with E-state index in [1.54, 1.807) is 0 Å². The molecule has 112 valence electrons. The summed E-state index contributed by atoms with van der Waals surface area (Å²) in [6.07, 6.45) is 8.28. The second-order valence-corrected chi connectivity index (χ2v) is 7.75. The molecular weight excluding hydrogens is 232 g/mol. The molecule has 0 radical (unpaired) electrons. The molecule has 3 atom stereocenters. The first kappa shape index (κ1) is 15.3. The van der Waals surface area contributed by atoms with Crippen LogP contribution in [0.2, 0.25) is 0 Å². The minimum absolute atomic E-state index is 0.480. The van der Waals surface area contributed by atoms with E-state index in [9.17, 15) is 0 Å². The third-order valence-corrected chi connectivity index (χ3v) is 5.31. The summed E-state index contributed by atoms with van der Waals surface area (Å²) in [5.41, 5.74) is 0.480. The molecule has 2 heteroatoms. The lowest BCUT2D eigenvalue weighted by atomic mass is 9.69. The van der Waals surface area contributed by atoms with Crippen molar-refractivity contribution in [3.63, 3.8) is 0 Å². The third-order valence-electron chi connectivity index (χ3n) is 5.31. The van der Waals surface area contributed by atoms with Crippen molar-refractivity contribution in [2.45, 2.75) is 78.3 Å². The van der Waals surface area contributed by atoms with Crippen LogP contribution >= 0.6 is 0 Å². The average molecular weight is 266 g/mol. The van der Waals surface area contributed by atoms with Crippen molar-refractivity contribution in [1.82, 2.24) is 10.2 Å². The maximum absolute atomic E-state index is 3.83. The monoisotopic (exact) mass is 266 g/mol. The van der Waals surface area contributed by atoms with Gasteiger partial charge in [0.25, 0.3) is 0 Å². The Labute approximate surface area is 120 Å². The molecular formula is C17H34N2. The van der Waals surface area contributed by atoms with Gasteiger partial charge < -0.3 is 5.32 Å². The van der Waals surface area contributed by atoms with E-state index in [2.05, 4.69) is 37.9 Å². The van der Waals surface area contributed by atoms with Gasteiger partial charge in [0, 0.05) is 12.1 Å². The lowest BCUT2D eigenvalue weighted by molar-refractivity contribution is 0.0713. The van der Waals surface area contributed by atoms with E-state index in [0.29, 0.717) is 5.41 Å². The highest BCUT2D eigenvalue weighted by atomic mass is 15.2. The normalized spacial score (nSPS) is 33.8. The van der Waals surface area contributed by atoms with Gasteiger partial charge in [-0.25, -0.2) is 0 Å². The van der Waals surface area contributed by atoms with Crippen molar-refractivity contribution in [2.24, 2.45) is 11.3 Å². The molecule has 19 heavy (non-hydrogen) atoms. The zero-order valence-electron chi connectivity index (χ0n) is 13.5. The molecule has 0 aromatic rings. The Bertz CT molecular complexity index is 263. The van der Waals surface area contributed by atoms with Gasteiger partial charge in [0.1, 0.15) is 0 Å². The molecule has 2 fully saturated rings. The maximum Gasteiger partial charge on any atom is 0.0252 e. The zero-order valence-corrected chi connectivity index (χ0v) is 13.5. The lowest BCUT2D eigenvalue weighted by Gasteiger charge is -2.45. The second-order valence-electron chi connectivity index (χ2n) is 7.75. The molecule has 1 aliphatic carbocycles. The van der Waals surface area contributed by atoms with Gasteiger partial charge in [-0.15, -0.1) is 0 Å². The molecule has 2 nitrogen and oxygen atoms in total. The van der Waals surface area contributed by atoms with E-state index >= 15 is 0 Å². The van der Waals surface area contributed by atoms with Crippen molar-refractivity contribution < 1.29 is 0 Å². The van der Waals surface area contributed by atoms with Gasteiger partial charge in [-0.3, -0.25) is 4.90 Å². The molecule has 2 rings (SSSR count). The molecule has 0 bridgehead atoms. The highest BCUT2D eigenvalue weighted by Gasteiger charge is 2.38. The Hall–Kier alpha value is -0.0800. The standard InChI is InChI=1S/C17H34N2/c1-5-10-18-15-9-8-14(17(2,3)4)13-16(15)19-11-6-7-12-19/h14-16,18H,5-13H2,1-4H3. The Morgan fingerprint density at radius 3 is 2.37 bits per heavy atom. The molecule has 1 saturated carbocycles. The molecule has 1 heterocycles. The van der Waals surface area contributed by atoms with E-state index in [1.807, 2.05) is 0 Å². The van der Waals surface area contributed by atoms with Crippen LogP contribution in [0.3, 0.4) is 0 Å². The predicted octanol–water partition coefficient (Wildman–Crippen LogP) is 3.67. The SMILES string of the molecule is CCCNC1CCC(C(C)(C)C)CC1N1CCCC1. The lowest BCUT2D eigenvalue weighted by Crippen LogP contribution is -2.53. The summed E-state index contributed by atoms with van der Waals surface area (Å²) in [7, 11) is 0. The van der Waals surface area contributed by atoms with Crippen molar-refractivity contribution >= 4 is 0 Å². The summed E-state index contributed by atoms with van der Waals surface area (Å²) in [6, 6.07) is 1.55. The first-order valence-corrected chi connectivity index (χ1v) is 8.49. The Kier molecular flexibility index (Phi) is 5.30. The van der Waals surface area contributed by atoms with Crippen LogP contribution in [0.5, 0.6) is 0 Å². The quantitative estimate of drug-likeness (QED) is 0.835. The van der Waals surface area contributed by atoms with E-state index in [-0.39, 0.29) is 0 Å². The smallest absolute Gasteiger partial charge is 0.0252 e. The number of likely N-dealkylation sites (tertiary alicyclic amines) is 1. The maximum atomic E-state index is 3.83. The first-order chi connectivity index (χ1) is 9.02. The summed E-state index contributed by atoms with van der Waals surface area (Å²) < 4.78 is 0. The number of nitrogens with zero attached hydrogens (tertiary/aromatic N) is 1. The van der Waals surface area contributed by atoms with Crippen LogP contribution < -0.4 is 5.32 Å². The van der Waals surface area contributed by atoms with Crippen LogP contribution in [0, 0.1) is 11.3 Å². The van der Waals surface area contributed by atoms with Gasteiger partial charge in [-0.2, -0.15) is 0 Å². The molecule has 3 unspecified atom stereocenters. The highest BCUT2D eigenvalue weighted by molar-refractivity contribution is 4.95. The van der Waals surface area contributed by atoms with Gasteiger partial charge in [-0.05, 0) is 69.5 Å². The summed E-state index contributed by atoms with van der Waals surface area (Å²) in [6.45, 7) is 13.4. The van der Waals surface area contributed by atoms with E-state index in [0.717, 1.165) is 18.0 Å². The molecule has 1 saturated heterocycles. The highest BCUT2D eigenvalue weighted by Crippen LogP contribution is 2.40. The zero-order chi connectivity index (χ0) is 13.9. The largest absolute Gasteiger partial charge is 0.312 e. The van der Waals surface area contributed by atoms with E-state index in [4.69, 9.17) is 0 Å². The van der Waals surface area contributed by atoms with Gasteiger partial charge in [-0.1, -0.05) is 27.7 Å². The minimum Gasteiger partial charge on any atom is -0.312 e. The predicted molar refractivity (Wildman–Crippen MR) is 83.5 cm³/mol. The molecule has 1 N–H and O–H groups in total. The van der Waals surface area contributed by atoms with Crippen LogP contribution in [-0.4, -0.2) is 36.6 Å². The average Bonchev–Trinajstić information content (AvgIpc) is 2.88. The first-order valence-electron chi connectivity index (χ1n) is 8.49. The topological polar surface area (TPSA) is 15.3 Å². The fourth-order valence-corrected chi connectivity index (χ4v) is 3.98. The molecule has 0 aromatic carbocycles. The molecule has 1 aliphatic heterocycles. The Morgan fingerprint density at radius 1 is 1.11 bits per heavy atom. The van der Waals surface area contributed by atoms with Crippen LogP contribution in [-0.2, 0) is 0 Å². The second kappa shape index (κ2) is 6.58. The fourth-order valence-electron chi connectivity index (χ4n) is 3.98. The molecule has 0 spiro atoms. The van der Waals surface area contributed by atoms with Crippen LogP contribution in [0.4, 0.5) is 0 Å². The van der Waals surface area contributed by atoms with Crippen LogP contribution in [0.1, 0.15) is 66.2 Å². The third kappa shape index (κ3) is 3.95. The van der Waals surface area contributed by atoms with Crippen LogP contribution in [0.15, 0.2) is 0 Å². The Balaban J connectivity index is 2.00. The number of rotatable bonds is 4. The van der Waals surface area contributed by atoms with Gasteiger partial charge >= 0.3 is 0 Å². The van der Waals surface area contributed by atoms with Crippen molar-refractivity contribution in [3.05, 3.63) is 0 Å². The molecule has 0 aromatic heterocycles. The fraction of sp³-hybridized carbons (Fsp3) is 1.00. The number of hydrogen-bond donors (Lipinski definition) is 1. The van der Waals surface area contributed by atoms with Gasteiger partial charge in [0.2, 0.25) is 0 Å². The van der Waals surface area contributed by atoms with Crippen molar-refractivity contribution in [1.29, 1.82) is 0 Å². The van der Waals surface area contributed by atoms with Gasteiger partial charge in [0.05, 0.1) is 0 Å². The summed E-state index contributed by atoms with van der Waals surface area (Å²) in [5.74, 6) is 0.901. The van der Waals surface area contributed by atoms with E-state index in [1.165, 1.54) is 58.2 Å². The number of nitrogens with one attached hydrogen (secondary N) is 1. The number of hydrogen-bond acceptors (Lipinski definition) is 2. The van der Waals surface area contributed by atoms with Gasteiger partial charge in [0.15, 0.2) is 0 Å². The minimum atomic E-state index is 0.480. The van der Waals surface area contributed by atoms with Crippen LogP contribution in [0.25, 0.3) is 0 Å². The molecule has 2 aliphatic rings. The summed E-state index contributed by atoms with van der Waals surface area (Å²) in [4.78, 5) is 2.78.